The first-order chi connectivity index (χ1) is 6.00. The molecule has 0 fully saturated rings. The van der Waals surface area contributed by atoms with Gasteiger partial charge in [0.2, 0.25) is 5.91 Å². The first kappa shape index (κ1) is 10.5. The molecular weight excluding hydrogens is 260 g/mol. The van der Waals surface area contributed by atoms with Crippen molar-refractivity contribution in [2.24, 2.45) is 0 Å². The molecule has 1 aromatic carbocycles. The Bertz CT molecular complexity index is 333. The van der Waals surface area contributed by atoms with Gasteiger partial charge in [0.25, 0.3) is 0 Å². The summed E-state index contributed by atoms with van der Waals surface area (Å²) in [4.78, 5) is 10.6. The quantitative estimate of drug-likeness (QED) is 0.777. The molecule has 0 bridgehead atoms. The summed E-state index contributed by atoms with van der Waals surface area (Å²) in [5.74, 6) is -0.826. The molecule has 70 valence electrons. The fourth-order valence-corrected chi connectivity index (χ4v) is 1.38. The normalized spacial score (nSPS) is 9.85. The molecule has 1 N–H and O–H groups in total. The lowest BCUT2D eigenvalue weighted by Gasteiger charge is -2.04. The molecule has 5 heteroatoms. The zero-order chi connectivity index (χ0) is 10.0. The van der Waals surface area contributed by atoms with Crippen molar-refractivity contribution in [1.82, 2.24) is 0 Å². The maximum absolute atomic E-state index is 13.0. The second-order valence-electron chi connectivity index (χ2n) is 2.44. The van der Waals surface area contributed by atoms with E-state index in [-0.39, 0.29) is 10.9 Å². The Hall–Kier alpha value is -0.610. The van der Waals surface area contributed by atoms with Crippen molar-refractivity contribution in [2.45, 2.75) is 6.92 Å². The molecule has 0 saturated carbocycles. The summed E-state index contributed by atoms with van der Waals surface area (Å²) in [5.41, 5.74) is 0.376. The highest BCUT2D eigenvalue weighted by atomic mass is 79.9. The minimum absolute atomic E-state index is 0.00843. The smallest absolute Gasteiger partial charge is 0.221 e. The van der Waals surface area contributed by atoms with E-state index < -0.39 is 5.82 Å². The summed E-state index contributed by atoms with van der Waals surface area (Å²) in [6.07, 6.45) is 0. The zero-order valence-corrected chi connectivity index (χ0v) is 9.04. The number of nitrogens with one attached hydrogen (secondary N) is 1. The van der Waals surface area contributed by atoms with Crippen LogP contribution in [-0.2, 0) is 4.79 Å². The van der Waals surface area contributed by atoms with Crippen molar-refractivity contribution in [2.75, 3.05) is 5.32 Å². The highest BCUT2D eigenvalue weighted by molar-refractivity contribution is 9.10. The van der Waals surface area contributed by atoms with Gasteiger partial charge in [0, 0.05) is 17.1 Å². The molecule has 0 spiro atoms. The molecular formula is C8H6BrClFNO. The fourth-order valence-electron chi connectivity index (χ4n) is 0.831. The molecule has 0 saturated heterocycles. The molecule has 2 nitrogen and oxygen atoms in total. The topological polar surface area (TPSA) is 29.1 Å². The molecule has 0 aliphatic carbocycles. The molecule has 1 amide bonds. The number of hydrogen-bond acceptors (Lipinski definition) is 1. The second kappa shape index (κ2) is 4.07. The molecule has 1 aromatic rings. The summed E-state index contributed by atoms with van der Waals surface area (Å²) in [5, 5.41) is 2.45. The van der Waals surface area contributed by atoms with Crippen molar-refractivity contribution in [1.29, 1.82) is 0 Å². The lowest BCUT2D eigenvalue weighted by Crippen LogP contribution is -2.05. The van der Waals surface area contributed by atoms with E-state index in [1.54, 1.807) is 0 Å². The van der Waals surface area contributed by atoms with E-state index in [4.69, 9.17) is 11.6 Å². The number of rotatable bonds is 1. The summed E-state index contributed by atoms with van der Waals surface area (Å²) in [6, 6.07) is 2.70. The number of anilines is 1. The number of hydrogen-bond donors (Lipinski definition) is 1. The maximum atomic E-state index is 13.0. The largest absolute Gasteiger partial charge is 0.326 e. The van der Waals surface area contributed by atoms with E-state index in [2.05, 4.69) is 21.2 Å². The minimum Gasteiger partial charge on any atom is -0.326 e. The van der Waals surface area contributed by atoms with Crippen LogP contribution >= 0.6 is 27.5 Å². The van der Waals surface area contributed by atoms with Crippen LogP contribution in [0.1, 0.15) is 6.92 Å². The summed E-state index contributed by atoms with van der Waals surface area (Å²) >= 11 is 8.62. The van der Waals surface area contributed by atoms with Crippen molar-refractivity contribution >= 4 is 39.1 Å². The maximum Gasteiger partial charge on any atom is 0.221 e. The van der Waals surface area contributed by atoms with E-state index in [0.717, 1.165) is 6.07 Å². The number of carbonyl (C=O) groups is 1. The van der Waals surface area contributed by atoms with Crippen molar-refractivity contribution in [3.63, 3.8) is 0 Å². The number of benzene rings is 1. The predicted octanol–water partition coefficient (Wildman–Crippen LogP) is 3.20. The van der Waals surface area contributed by atoms with Gasteiger partial charge in [0.05, 0.1) is 5.02 Å². The Kier molecular flexibility index (Phi) is 3.27. The molecule has 0 aliphatic heterocycles. The third-order valence-corrected chi connectivity index (χ3v) is 2.54. The van der Waals surface area contributed by atoms with Gasteiger partial charge in [-0.15, -0.1) is 0 Å². The van der Waals surface area contributed by atoms with E-state index in [0.29, 0.717) is 10.2 Å². The predicted molar refractivity (Wildman–Crippen MR) is 53.4 cm³/mol. The van der Waals surface area contributed by atoms with Crippen molar-refractivity contribution in [3.8, 4) is 0 Å². The average Bonchev–Trinajstić information content (AvgIpc) is 1.98. The van der Waals surface area contributed by atoms with Gasteiger partial charge in [0.15, 0.2) is 0 Å². The molecule has 0 radical (unpaired) electrons. The zero-order valence-electron chi connectivity index (χ0n) is 6.70. The van der Waals surface area contributed by atoms with E-state index in [1.165, 1.54) is 13.0 Å². The van der Waals surface area contributed by atoms with E-state index in [1.807, 2.05) is 0 Å². The SMILES string of the molecule is CC(=O)Nc1cc(F)c(Cl)c(Br)c1. The highest BCUT2D eigenvalue weighted by Gasteiger charge is 2.07. The van der Waals surface area contributed by atoms with Gasteiger partial charge < -0.3 is 5.32 Å². The first-order valence-electron chi connectivity index (χ1n) is 3.43. The van der Waals surface area contributed by atoms with Crippen LogP contribution in [0.4, 0.5) is 10.1 Å². The summed E-state index contributed by atoms with van der Waals surface area (Å²) in [6.45, 7) is 1.35. The lowest BCUT2D eigenvalue weighted by molar-refractivity contribution is -0.114. The van der Waals surface area contributed by atoms with Gasteiger partial charge in [-0.2, -0.15) is 0 Å². The number of carbonyl (C=O) groups excluding carboxylic acids is 1. The third kappa shape index (κ3) is 2.67. The van der Waals surface area contributed by atoms with Crippen LogP contribution in [-0.4, -0.2) is 5.91 Å². The van der Waals surface area contributed by atoms with Gasteiger partial charge in [-0.1, -0.05) is 11.6 Å². The molecule has 13 heavy (non-hydrogen) atoms. The van der Waals surface area contributed by atoms with Crippen LogP contribution in [0.5, 0.6) is 0 Å². The lowest BCUT2D eigenvalue weighted by atomic mass is 10.3. The second-order valence-corrected chi connectivity index (χ2v) is 3.67. The standard InChI is InChI=1S/C8H6BrClFNO/c1-4(13)12-5-2-6(9)8(10)7(11)3-5/h2-3H,1H3,(H,12,13). The van der Waals surface area contributed by atoms with Crippen molar-refractivity contribution in [3.05, 3.63) is 27.4 Å². The first-order valence-corrected chi connectivity index (χ1v) is 4.60. The Morgan fingerprint density at radius 2 is 2.23 bits per heavy atom. The third-order valence-electron chi connectivity index (χ3n) is 1.30. The molecule has 0 aliphatic rings. The van der Waals surface area contributed by atoms with Crippen LogP contribution in [0.15, 0.2) is 16.6 Å². The number of halogens is 3. The monoisotopic (exact) mass is 265 g/mol. The van der Waals surface area contributed by atoms with Crippen LogP contribution in [0.2, 0.25) is 5.02 Å². The van der Waals surface area contributed by atoms with Crippen molar-refractivity contribution < 1.29 is 9.18 Å². The van der Waals surface area contributed by atoms with Crippen LogP contribution < -0.4 is 5.32 Å². The van der Waals surface area contributed by atoms with Gasteiger partial charge in [-0.25, -0.2) is 4.39 Å². The Morgan fingerprint density at radius 3 is 2.69 bits per heavy atom. The Balaban J connectivity index is 3.06. The summed E-state index contributed by atoms with van der Waals surface area (Å²) in [7, 11) is 0. The van der Waals surface area contributed by atoms with Crippen LogP contribution in [0, 0.1) is 5.82 Å². The molecule has 0 atom stereocenters. The molecule has 0 unspecified atom stereocenters. The highest BCUT2D eigenvalue weighted by Crippen LogP contribution is 2.28. The van der Waals surface area contributed by atoms with Gasteiger partial charge in [0.1, 0.15) is 5.82 Å². The fraction of sp³-hybridized carbons (Fsp3) is 0.125. The minimum atomic E-state index is -0.570. The molecule has 0 aromatic heterocycles. The van der Waals surface area contributed by atoms with E-state index in [9.17, 15) is 9.18 Å². The molecule has 1 rings (SSSR count). The number of amides is 1. The Labute approximate surface area is 88.2 Å². The van der Waals surface area contributed by atoms with E-state index >= 15 is 0 Å². The van der Waals surface area contributed by atoms with Gasteiger partial charge in [-0.05, 0) is 28.1 Å². The average molecular weight is 266 g/mol. The van der Waals surface area contributed by atoms with Crippen LogP contribution in [0.3, 0.4) is 0 Å². The van der Waals surface area contributed by atoms with Crippen LogP contribution in [0.25, 0.3) is 0 Å². The van der Waals surface area contributed by atoms with Gasteiger partial charge in [-0.3, -0.25) is 4.79 Å². The Morgan fingerprint density at radius 1 is 1.62 bits per heavy atom. The molecule has 0 heterocycles. The summed E-state index contributed by atoms with van der Waals surface area (Å²) < 4.78 is 13.4. The van der Waals surface area contributed by atoms with Gasteiger partial charge >= 0.3 is 0 Å².